The molecule has 23 heavy (non-hydrogen) atoms. The van der Waals surface area contributed by atoms with E-state index >= 15 is 0 Å². The van der Waals surface area contributed by atoms with Crippen LogP contribution in [0, 0.1) is 0 Å². The molecule has 1 N–H and O–H groups in total. The van der Waals surface area contributed by atoms with Gasteiger partial charge in [0.05, 0.1) is 0 Å². The molecule has 0 atom stereocenters. The molecule has 7 heteroatoms. The number of amides is 1. The molecule has 3 heterocycles. The third-order valence-electron chi connectivity index (χ3n) is 4.16. The lowest BCUT2D eigenvalue weighted by molar-refractivity contribution is 0.0948. The largest absolute Gasteiger partial charge is 0.350 e. The number of pyridine rings is 1. The van der Waals surface area contributed by atoms with Crippen LogP contribution in [-0.4, -0.2) is 36.8 Å². The molecule has 0 aliphatic heterocycles. The zero-order valence-electron chi connectivity index (χ0n) is 12.9. The van der Waals surface area contributed by atoms with E-state index in [1.807, 2.05) is 46.6 Å². The van der Waals surface area contributed by atoms with E-state index in [2.05, 4.69) is 20.6 Å². The second-order valence-electron chi connectivity index (χ2n) is 5.90. The predicted molar refractivity (Wildman–Crippen MR) is 84.2 cm³/mol. The van der Waals surface area contributed by atoms with Gasteiger partial charge in [0, 0.05) is 37.8 Å². The van der Waals surface area contributed by atoms with Gasteiger partial charge in [-0.1, -0.05) is 6.07 Å². The van der Waals surface area contributed by atoms with Crippen LogP contribution in [0.5, 0.6) is 0 Å². The molecule has 0 bridgehead atoms. The summed E-state index contributed by atoms with van der Waals surface area (Å²) in [6, 6.07) is 7.67. The van der Waals surface area contributed by atoms with Crippen LogP contribution in [-0.2, 0) is 13.5 Å². The van der Waals surface area contributed by atoms with Crippen molar-refractivity contribution in [1.82, 2.24) is 29.7 Å². The number of carbonyl (C=O) groups excluding carboxylic acids is 1. The van der Waals surface area contributed by atoms with E-state index in [1.165, 1.54) is 12.8 Å². The standard InChI is InChI=1S/C16H18N6O/c1-21-13(11-5-6-11)10-12(20-21)16(23)17-8-7-15-19-18-14-4-2-3-9-22(14)15/h2-4,9-11H,5-8H2,1H3,(H,17,23). The highest BCUT2D eigenvalue weighted by Gasteiger charge is 2.28. The van der Waals surface area contributed by atoms with Crippen molar-refractivity contribution in [1.29, 1.82) is 0 Å². The van der Waals surface area contributed by atoms with Crippen LogP contribution in [0.4, 0.5) is 0 Å². The van der Waals surface area contributed by atoms with Crippen molar-refractivity contribution in [2.75, 3.05) is 6.54 Å². The number of carbonyl (C=O) groups is 1. The molecule has 1 amide bonds. The summed E-state index contributed by atoms with van der Waals surface area (Å²) in [6.07, 6.45) is 4.94. The molecule has 1 aliphatic rings. The smallest absolute Gasteiger partial charge is 0.271 e. The van der Waals surface area contributed by atoms with Crippen LogP contribution in [0.2, 0.25) is 0 Å². The lowest BCUT2D eigenvalue weighted by Crippen LogP contribution is -2.26. The maximum absolute atomic E-state index is 12.2. The Morgan fingerprint density at radius 2 is 2.22 bits per heavy atom. The average Bonchev–Trinajstić information content (AvgIpc) is 3.21. The minimum Gasteiger partial charge on any atom is -0.350 e. The third-order valence-corrected chi connectivity index (χ3v) is 4.16. The molecule has 3 aromatic rings. The van der Waals surface area contributed by atoms with E-state index < -0.39 is 0 Å². The van der Waals surface area contributed by atoms with Crippen LogP contribution in [0.3, 0.4) is 0 Å². The first-order valence-corrected chi connectivity index (χ1v) is 7.83. The summed E-state index contributed by atoms with van der Waals surface area (Å²) in [5.74, 6) is 1.28. The monoisotopic (exact) mass is 310 g/mol. The Hall–Kier alpha value is -2.70. The fourth-order valence-electron chi connectivity index (χ4n) is 2.79. The summed E-state index contributed by atoms with van der Waals surface area (Å²) in [4.78, 5) is 12.2. The first-order chi connectivity index (χ1) is 11.2. The molecular weight excluding hydrogens is 292 g/mol. The molecular formula is C16H18N6O. The maximum Gasteiger partial charge on any atom is 0.271 e. The number of rotatable bonds is 5. The Morgan fingerprint density at radius 1 is 1.35 bits per heavy atom. The number of aromatic nitrogens is 5. The van der Waals surface area contributed by atoms with Crippen molar-refractivity contribution in [3.63, 3.8) is 0 Å². The van der Waals surface area contributed by atoms with E-state index in [-0.39, 0.29) is 5.91 Å². The summed E-state index contributed by atoms with van der Waals surface area (Å²) in [5, 5.41) is 15.5. The Morgan fingerprint density at radius 3 is 3.04 bits per heavy atom. The number of fused-ring (bicyclic) bond motifs is 1. The number of nitrogens with zero attached hydrogens (tertiary/aromatic N) is 5. The van der Waals surface area contributed by atoms with Crippen LogP contribution in [0.1, 0.15) is 40.8 Å². The van der Waals surface area contributed by atoms with Crippen LogP contribution in [0.15, 0.2) is 30.5 Å². The van der Waals surface area contributed by atoms with Crippen LogP contribution < -0.4 is 5.32 Å². The van der Waals surface area contributed by atoms with Gasteiger partial charge in [0.1, 0.15) is 11.5 Å². The fraction of sp³-hybridized carbons (Fsp3) is 0.375. The predicted octanol–water partition coefficient (Wildman–Crippen LogP) is 1.31. The molecule has 7 nitrogen and oxygen atoms in total. The SMILES string of the molecule is Cn1nc(C(=O)NCCc2nnc3ccccn23)cc1C1CC1. The van der Waals surface area contributed by atoms with Crippen molar-refractivity contribution < 1.29 is 4.79 Å². The molecule has 3 aromatic heterocycles. The second-order valence-corrected chi connectivity index (χ2v) is 5.90. The minimum absolute atomic E-state index is 0.138. The van der Waals surface area contributed by atoms with Gasteiger partial charge in [0.25, 0.3) is 5.91 Å². The molecule has 0 spiro atoms. The van der Waals surface area contributed by atoms with Crippen molar-refractivity contribution in [3.8, 4) is 0 Å². The van der Waals surface area contributed by atoms with Gasteiger partial charge >= 0.3 is 0 Å². The average molecular weight is 310 g/mol. The Bertz CT molecular complexity index is 860. The van der Waals surface area contributed by atoms with E-state index in [4.69, 9.17) is 0 Å². The molecule has 0 radical (unpaired) electrons. The quantitative estimate of drug-likeness (QED) is 0.771. The molecule has 118 valence electrons. The first-order valence-electron chi connectivity index (χ1n) is 7.83. The van der Waals surface area contributed by atoms with Gasteiger partial charge in [-0.3, -0.25) is 13.9 Å². The first kappa shape index (κ1) is 13.9. The Labute approximate surface area is 133 Å². The van der Waals surface area contributed by atoms with E-state index in [9.17, 15) is 4.79 Å². The zero-order chi connectivity index (χ0) is 15.8. The molecule has 0 saturated heterocycles. The number of hydrogen-bond donors (Lipinski definition) is 1. The van der Waals surface area contributed by atoms with Crippen molar-refractivity contribution in [2.24, 2.45) is 7.05 Å². The summed E-state index contributed by atoms with van der Waals surface area (Å²) in [5.41, 5.74) is 2.45. The molecule has 0 aromatic carbocycles. The number of nitrogens with one attached hydrogen (secondary N) is 1. The molecule has 1 saturated carbocycles. The summed E-state index contributed by atoms with van der Waals surface area (Å²) in [6.45, 7) is 0.504. The van der Waals surface area contributed by atoms with E-state index in [1.54, 1.807) is 0 Å². The molecule has 4 rings (SSSR count). The second kappa shape index (κ2) is 5.49. The topological polar surface area (TPSA) is 77.1 Å². The molecule has 1 aliphatic carbocycles. The highest BCUT2D eigenvalue weighted by Crippen LogP contribution is 2.39. The summed E-state index contributed by atoms with van der Waals surface area (Å²) >= 11 is 0. The van der Waals surface area contributed by atoms with Gasteiger partial charge in [0.15, 0.2) is 5.65 Å². The van der Waals surface area contributed by atoms with Crippen LogP contribution >= 0.6 is 0 Å². The maximum atomic E-state index is 12.2. The van der Waals surface area contributed by atoms with Gasteiger partial charge in [-0.15, -0.1) is 10.2 Å². The fourth-order valence-corrected chi connectivity index (χ4v) is 2.79. The number of hydrogen-bond acceptors (Lipinski definition) is 4. The van der Waals surface area contributed by atoms with Gasteiger partial charge in [-0.2, -0.15) is 5.10 Å². The summed E-state index contributed by atoms with van der Waals surface area (Å²) in [7, 11) is 1.90. The normalized spacial score (nSPS) is 14.3. The Balaban J connectivity index is 1.39. The van der Waals surface area contributed by atoms with Crippen LogP contribution in [0.25, 0.3) is 5.65 Å². The van der Waals surface area contributed by atoms with Crippen molar-refractivity contribution in [3.05, 3.63) is 47.7 Å². The van der Waals surface area contributed by atoms with Gasteiger partial charge in [-0.25, -0.2) is 0 Å². The van der Waals surface area contributed by atoms with Gasteiger partial charge in [-0.05, 0) is 31.0 Å². The Kier molecular flexibility index (Phi) is 3.33. The van der Waals surface area contributed by atoms with Crippen molar-refractivity contribution in [2.45, 2.75) is 25.2 Å². The minimum atomic E-state index is -0.138. The lowest BCUT2D eigenvalue weighted by Gasteiger charge is -2.02. The summed E-state index contributed by atoms with van der Waals surface area (Å²) < 4.78 is 3.75. The molecule has 1 fully saturated rings. The van der Waals surface area contributed by atoms with Gasteiger partial charge < -0.3 is 5.32 Å². The number of aryl methyl sites for hydroxylation is 1. The lowest BCUT2D eigenvalue weighted by atomic mass is 10.2. The highest BCUT2D eigenvalue weighted by molar-refractivity contribution is 5.92. The van der Waals surface area contributed by atoms with E-state index in [0.29, 0.717) is 24.6 Å². The van der Waals surface area contributed by atoms with E-state index in [0.717, 1.165) is 17.2 Å². The highest BCUT2D eigenvalue weighted by atomic mass is 16.1. The third kappa shape index (κ3) is 2.69. The van der Waals surface area contributed by atoms with Crippen molar-refractivity contribution >= 4 is 11.6 Å². The zero-order valence-corrected chi connectivity index (χ0v) is 12.9. The van der Waals surface area contributed by atoms with Gasteiger partial charge in [0.2, 0.25) is 0 Å². The molecule has 0 unspecified atom stereocenters.